The molecule has 2 saturated carbocycles. The number of carboxylic acid groups (broad SMARTS) is 1. The van der Waals surface area contributed by atoms with Crippen molar-refractivity contribution in [2.24, 2.45) is 0 Å². The minimum absolute atomic E-state index is 0.0170. The third kappa shape index (κ3) is 2.08. The summed E-state index contributed by atoms with van der Waals surface area (Å²) in [6.45, 7) is 1.73. The molecule has 2 aromatic rings. The Morgan fingerprint density at radius 3 is 2.57 bits per heavy atom. The molecule has 0 aliphatic heterocycles. The van der Waals surface area contributed by atoms with Gasteiger partial charge in [0.05, 0.1) is 11.6 Å². The molecule has 1 aromatic heterocycles. The van der Waals surface area contributed by atoms with E-state index in [4.69, 9.17) is 0 Å². The maximum absolute atomic E-state index is 14.4. The normalized spacial score (nSPS) is 23.3. The predicted molar refractivity (Wildman–Crippen MR) is 80.4 cm³/mol. The number of carbonyl (C=O) groups is 1. The Morgan fingerprint density at radius 1 is 1.39 bits per heavy atom. The smallest absolute Gasteiger partial charge is 0.341 e. The fraction of sp³-hybridized carbons (Fsp3) is 0.412. The summed E-state index contributed by atoms with van der Waals surface area (Å²) in [6.07, 6.45) is 2.23. The van der Waals surface area contributed by atoms with Gasteiger partial charge in [-0.05, 0) is 42.9 Å². The molecule has 0 unspecified atom stereocenters. The molecule has 0 spiro atoms. The molecule has 2 atom stereocenters. The number of nitrogens with zero attached hydrogens (tertiary/aromatic N) is 1. The standard InChI is InChI=1S/C17H15F2NO3/c1-7-14(8-2-3-8)12(19)4-9-15(7)20(13-5-11(13)18)6-10(16(9)21)17(22)23/h4,6,8,11,13H,2-3,5H2,1H3,(H,22,23)/t11-,13+/m0/s1. The summed E-state index contributed by atoms with van der Waals surface area (Å²) in [5, 5.41) is 9.23. The Hall–Kier alpha value is -2.24. The van der Waals surface area contributed by atoms with E-state index >= 15 is 0 Å². The lowest BCUT2D eigenvalue weighted by Crippen LogP contribution is -2.20. The van der Waals surface area contributed by atoms with Gasteiger partial charge in [0.15, 0.2) is 0 Å². The van der Waals surface area contributed by atoms with Crippen molar-refractivity contribution >= 4 is 16.9 Å². The number of alkyl halides is 1. The molecule has 6 heteroatoms. The summed E-state index contributed by atoms with van der Waals surface area (Å²) in [7, 11) is 0. The van der Waals surface area contributed by atoms with Crippen LogP contribution in [0.3, 0.4) is 0 Å². The molecule has 2 aliphatic carbocycles. The summed E-state index contributed by atoms with van der Waals surface area (Å²) in [5.41, 5.74) is 0.493. The first kappa shape index (κ1) is 14.4. The van der Waals surface area contributed by atoms with E-state index in [1.165, 1.54) is 10.8 Å². The SMILES string of the molecule is Cc1c(C2CC2)c(F)cc2c(=O)c(C(=O)O)cn([C@@H]3C[C@@H]3F)c12. The topological polar surface area (TPSA) is 59.3 Å². The number of carboxylic acids is 1. The van der Waals surface area contributed by atoms with E-state index in [9.17, 15) is 23.5 Å². The molecule has 1 heterocycles. The predicted octanol–water partition coefficient (Wildman–Crippen LogP) is 3.31. The van der Waals surface area contributed by atoms with Crippen LogP contribution in [0.25, 0.3) is 10.9 Å². The molecule has 0 radical (unpaired) electrons. The van der Waals surface area contributed by atoms with Gasteiger partial charge in [-0.1, -0.05) is 0 Å². The van der Waals surface area contributed by atoms with E-state index in [0.29, 0.717) is 16.6 Å². The molecular formula is C17H15F2NO3. The van der Waals surface area contributed by atoms with Crippen molar-refractivity contribution in [2.75, 3.05) is 0 Å². The zero-order chi connectivity index (χ0) is 16.5. The second kappa shape index (κ2) is 4.63. The van der Waals surface area contributed by atoms with Gasteiger partial charge in [0.25, 0.3) is 0 Å². The summed E-state index contributed by atoms with van der Waals surface area (Å²) in [6, 6.07) is 0.643. The zero-order valence-corrected chi connectivity index (χ0v) is 12.5. The maximum Gasteiger partial charge on any atom is 0.341 e. The van der Waals surface area contributed by atoms with Gasteiger partial charge in [0.2, 0.25) is 5.43 Å². The van der Waals surface area contributed by atoms with E-state index in [2.05, 4.69) is 0 Å². The molecule has 4 rings (SSSR count). The van der Waals surface area contributed by atoms with Gasteiger partial charge in [0.1, 0.15) is 17.6 Å². The van der Waals surface area contributed by atoms with Crippen LogP contribution >= 0.6 is 0 Å². The maximum atomic E-state index is 14.4. The van der Waals surface area contributed by atoms with Crippen LogP contribution in [0.15, 0.2) is 17.1 Å². The van der Waals surface area contributed by atoms with Crippen molar-refractivity contribution in [1.29, 1.82) is 0 Å². The Morgan fingerprint density at radius 2 is 2.04 bits per heavy atom. The number of halogens is 2. The molecule has 2 fully saturated rings. The highest BCUT2D eigenvalue weighted by atomic mass is 19.1. The Labute approximate surface area is 130 Å². The highest BCUT2D eigenvalue weighted by Gasteiger charge is 2.41. The lowest BCUT2D eigenvalue weighted by atomic mass is 9.98. The Kier molecular flexibility index (Phi) is 2.89. The summed E-state index contributed by atoms with van der Waals surface area (Å²) < 4.78 is 29.5. The number of aromatic carboxylic acids is 1. The van der Waals surface area contributed by atoms with Crippen LogP contribution < -0.4 is 5.43 Å². The Bertz CT molecular complexity index is 914. The van der Waals surface area contributed by atoms with Crippen molar-refractivity contribution in [1.82, 2.24) is 4.57 Å². The number of hydrogen-bond acceptors (Lipinski definition) is 2. The fourth-order valence-electron chi connectivity index (χ4n) is 3.42. The lowest BCUT2D eigenvalue weighted by Gasteiger charge is -2.17. The molecule has 0 saturated heterocycles. The van der Waals surface area contributed by atoms with Crippen molar-refractivity contribution in [3.63, 3.8) is 0 Å². The van der Waals surface area contributed by atoms with Crippen LogP contribution in [0, 0.1) is 12.7 Å². The minimum atomic E-state index is -1.38. The van der Waals surface area contributed by atoms with Crippen LogP contribution in [0.4, 0.5) is 8.78 Å². The molecule has 0 amide bonds. The number of pyridine rings is 1. The first-order chi connectivity index (χ1) is 10.9. The average Bonchev–Trinajstić information content (AvgIpc) is 3.37. The zero-order valence-electron chi connectivity index (χ0n) is 12.5. The first-order valence-corrected chi connectivity index (χ1v) is 7.65. The van der Waals surface area contributed by atoms with Crippen LogP contribution in [0.2, 0.25) is 0 Å². The molecular weight excluding hydrogens is 304 g/mol. The van der Waals surface area contributed by atoms with Crippen LogP contribution in [0.1, 0.15) is 52.7 Å². The van der Waals surface area contributed by atoms with E-state index in [-0.39, 0.29) is 17.7 Å². The summed E-state index contributed by atoms with van der Waals surface area (Å²) in [4.78, 5) is 23.7. The van der Waals surface area contributed by atoms with E-state index in [1.54, 1.807) is 6.92 Å². The quantitative estimate of drug-likeness (QED) is 0.944. The molecule has 2 aliphatic rings. The third-order valence-corrected chi connectivity index (χ3v) is 4.81. The van der Waals surface area contributed by atoms with E-state index in [1.807, 2.05) is 0 Å². The average molecular weight is 319 g/mol. The highest BCUT2D eigenvalue weighted by Crippen LogP contribution is 2.46. The molecule has 23 heavy (non-hydrogen) atoms. The second-order valence-electron chi connectivity index (χ2n) is 6.47. The van der Waals surface area contributed by atoms with Gasteiger partial charge in [-0.25, -0.2) is 13.6 Å². The van der Waals surface area contributed by atoms with Gasteiger partial charge >= 0.3 is 5.97 Å². The van der Waals surface area contributed by atoms with E-state index in [0.717, 1.165) is 18.9 Å². The monoisotopic (exact) mass is 319 g/mol. The van der Waals surface area contributed by atoms with Gasteiger partial charge in [-0.2, -0.15) is 0 Å². The van der Waals surface area contributed by atoms with Crippen LogP contribution in [-0.4, -0.2) is 21.8 Å². The number of fused-ring (bicyclic) bond motifs is 1. The molecule has 1 aromatic carbocycles. The summed E-state index contributed by atoms with van der Waals surface area (Å²) in [5.74, 6) is -1.72. The number of aryl methyl sites for hydroxylation is 1. The third-order valence-electron chi connectivity index (χ3n) is 4.81. The first-order valence-electron chi connectivity index (χ1n) is 7.65. The van der Waals surface area contributed by atoms with Crippen LogP contribution in [0.5, 0.6) is 0 Å². The number of aromatic nitrogens is 1. The van der Waals surface area contributed by atoms with Gasteiger partial charge in [0, 0.05) is 18.0 Å². The Balaban J connectivity index is 2.12. The molecule has 1 N–H and O–H groups in total. The largest absolute Gasteiger partial charge is 0.477 e. The van der Waals surface area contributed by atoms with Crippen molar-refractivity contribution < 1.29 is 18.7 Å². The van der Waals surface area contributed by atoms with Gasteiger partial charge < -0.3 is 9.67 Å². The van der Waals surface area contributed by atoms with Gasteiger partial charge in [-0.3, -0.25) is 4.79 Å². The van der Waals surface area contributed by atoms with Gasteiger partial charge in [-0.15, -0.1) is 0 Å². The number of hydrogen-bond donors (Lipinski definition) is 1. The lowest BCUT2D eigenvalue weighted by molar-refractivity contribution is 0.0694. The summed E-state index contributed by atoms with van der Waals surface area (Å²) >= 11 is 0. The molecule has 4 nitrogen and oxygen atoms in total. The van der Waals surface area contributed by atoms with E-state index < -0.39 is 35.0 Å². The fourth-order valence-corrected chi connectivity index (χ4v) is 3.42. The minimum Gasteiger partial charge on any atom is -0.477 e. The highest BCUT2D eigenvalue weighted by molar-refractivity contribution is 5.94. The van der Waals surface area contributed by atoms with Crippen molar-refractivity contribution in [3.8, 4) is 0 Å². The van der Waals surface area contributed by atoms with Crippen LogP contribution in [-0.2, 0) is 0 Å². The second-order valence-corrected chi connectivity index (χ2v) is 6.47. The molecule has 120 valence electrons. The number of rotatable bonds is 3. The molecule has 0 bridgehead atoms. The van der Waals surface area contributed by atoms with Crippen molar-refractivity contribution in [3.05, 3.63) is 45.0 Å². The number of benzene rings is 1. The van der Waals surface area contributed by atoms with Crippen molar-refractivity contribution in [2.45, 2.75) is 44.3 Å².